The highest BCUT2D eigenvalue weighted by atomic mass is 35.5. The van der Waals surface area contributed by atoms with Crippen LogP contribution in [0.3, 0.4) is 0 Å². The quantitative estimate of drug-likeness (QED) is 0.642. The molecule has 1 atom stereocenters. The molecule has 2 amide bonds. The number of benzene rings is 1. The Labute approximate surface area is 111 Å². The Kier molecular flexibility index (Phi) is 4.33. The Morgan fingerprint density at radius 1 is 1.28 bits per heavy atom. The molecule has 1 heterocycles. The number of alkyl halides is 1. The normalized spacial score (nSPS) is 19.6. The topological polar surface area (TPSA) is 49.4 Å². The van der Waals surface area contributed by atoms with E-state index < -0.39 is 6.04 Å². The number of carbonyl (C=O) groups is 2. The number of hydrogen-bond acceptors (Lipinski definition) is 3. The van der Waals surface area contributed by atoms with E-state index in [0.717, 1.165) is 5.56 Å². The van der Waals surface area contributed by atoms with Crippen molar-refractivity contribution in [3.63, 3.8) is 0 Å². The number of halogens is 1. The van der Waals surface area contributed by atoms with Crippen molar-refractivity contribution in [2.45, 2.75) is 19.0 Å². The van der Waals surface area contributed by atoms with Crippen LogP contribution in [0.1, 0.15) is 12.0 Å². The predicted octanol–water partition coefficient (Wildman–Crippen LogP) is 1.14. The fourth-order valence-electron chi connectivity index (χ4n) is 2.00. The lowest BCUT2D eigenvalue weighted by Gasteiger charge is -2.15. The molecule has 1 unspecified atom stereocenters. The van der Waals surface area contributed by atoms with Gasteiger partial charge in [0.25, 0.3) is 0 Å². The summed E-state index contributed by atoms with van der Waals surface area (Å²) < 4.78 is 0. The molecule has 1 N–H and O–H groups in total. The Morgan fingerprint density at radius 2 is 2.00 bits per heavy atom. The van der Waals surface area contributed by atoms with E-state index in [-0.39, 0.29) is 18.2 Å². The van der Waals surface area contributed by atoms with Gasteiger partial charge in [-0.1, -0.05) is 30.3 Å². The first-order valence-corrected chi connectivity index (χ1v) is 6.43. The highest BCUT2D eigenvalue weighted by molar-refractivity contribution is 6.18. The van der Waals surface area contributed by atoms with Crippen LogP contribution in [0, 0.1) is 0 Å². The number of amides is 2. The van der Waals surface area contributed by atoms with Crippen molar-refractivity contribution in [2.75, 3.05) is 12.4 Å². The molecule has 0 radical (unpaired) electrons. The molecule has 1 fully saturated rings. The van der Waals surface area contributed by atoms with Crippen LogP contribution >= 0.6 is 11.6 Å². The van der Waals surface area contributed by atoms with E-state index in [9.17, 15) is 9.59 Å². The van der Waals surface area contributed by atoms with E-state index in [1.165, 1.54) is 4.90 Å². The number of rotatable bonds is 5. The first-order valence-electron chi connectivity index (χ1n) is 5.90. The molecule has 5 heteroatoms. The maximum absolute atomic E-state index is 12.0. The summed E-state index contributed by atoms with van der Waals surface area (Å²) in [5, 5.41) is 2.98. The van der Waals surface area contributed by atoms with E-state index >= 15 is 0 Å². The molecule has 96 valence electrons. The molecular weight excluding hydrogens is 252 g/mol. The first-order chi connectivity index (χ1) is 8.72. The fourth-order valence-corrected chi connectivity index (χ4v) is 2.11. The molecule has 18 heavy (non-hydrogen) atoms. The molecule has 1 aromatic rings. The van der Waals surface area contributed by atoms with Crippen molar-refractivity contribution in [1.82, 2.24) is 10.2 Å². The van der Waals surface area contributed by atoms with Gasteiger partial charge in [0, 0.05) is 12.4 Å². The van der Waals surface area contributed by atoms with Gasteiger partial charge in [-0.3, -0.25) is 14.5 Å². The second kappa shape index (κ2) is 5.98. The van der Waals surface area contributed by atoms with Gasteiger partial charge in [0.2, 0.25) is 11.8 Å². The van der Waals surface area contributed by atoms with Gasteiger partial charge in [0.1, 0.15) is 0 Å². The smallest absolute Gasteiger partial charge is 0.247 e. The summed E-state index contributed by atoms with van der Waals surface area (Å²) in [4.78, 5) is 25.1. The second-order valence-corrected chi connectivity index (χ2v) is 4.58. The summed E-state index contributed by atoms with van der Waals surface area (Å²) in [7, 11) is 0. The maximum atomic E-state index is 12.0. The number of hydrogen-bond donors (Lipinski definition) is 1. The summed E-state index contributed by atoms with van der Waals surface area (Å²) in [5.74, 6) is 0.140. The molecule has 0 aromatic heterocycles. The van der Waals surface area contributed by atoms with Crippen molar-refractivity contribution in [3.8, 4) is 0 Å². The second-order valence-electron chi connectivity index (χ2n) is 4.20. The van der Waals surface area contributed by atoms with E-state index in [4.69, 9.17) is 11.6 Å². The van der Waals surface area contributed by atoms with Crippen LogP contribution in [0.15, 0.2) is 30.3 Å². The monoisotopic (exact) mass is 266 g/mol. The minimum atomic E-state index is -0.417. The Balaban J connectivity index is 2.01. The minimum Gasteiger partial charge on any atom is -0.304 e. The van der Waals surface area contributed by atoms with E-state index in [1.54, 1.807) is 0 Å². The molecule has 4 nitrogen and oxygen atoms in total. The van der Waals surface area contributed by atoms with E-state index in [1.807, 2.05) is 30.3 Å². The van der Waals surface area contributed by atoms with Gasteiger partial charge in [-0.05, 0) is 5.56 Å². The molecule has 0 saturated carbocycles. The zero-order chi connectivity index (χ0) is 13.0. The molecule has 0 bridgehead atoms. The standard InChI is InChI=1S/C13H15ClN2O2/c14-6-7-15-11-8-12(17)16(13(11)18)9-10-4-2-1-3-5-10/h1-5,11,15H,6-9H2. The minimum absolute atomic E-state index is 0.129. The Bertz CT molecular complexity index is 436. The van der Waals surface area contributed by atoms with Gasteiger partial charge >= 0.3 is 0 Å². The van der Waals surface area contributed by atoms with Crippen molar-refractivity contribution in [2.24, 2.45) is 0 Å². The van der Waals surface area contributed by atoms with Crippen LogP contribution < -0.4 is 5.32 Å². The first kappa shape index (κ1) is 13.1. The molecule has 1 aliphatic heterocycles. The molecule has 2 rings (SSSR count). The third-order valence-corrected chi connectivity index (χ3v) is 3.10. The van der Waals surface area contributed by atoms with Crippen LogP contribution in [0.25, 0.3) is 0 Å². The molecule has 0 spiro atoms. The number of nitrogens with one attached hydrogen (secondary N) is 1. The van der Waals surface area contributed by atoms with Crippen LogP contribution in [0.2, 0.25) is 0 Å². The van der Waals surface area contributed by atoms with Crippen molar-refractivity contribution >= 4 is 23.4 Å². The van der Waals surface area contributed by atoms with Gasteiger partial charge < -0.3 is 5.32 Å². The summed E-state index contributed by atoms with van der Waals surface area (Å²) in [6.45, 7) is 0.877. The summed E-state index contributed by atoms with van der Waals surface area (Å²) in [6, 6.07) is 9.08. The lowest BCUT2D eigenvalue weighted by Crippen LogP contribution is -2.39. The lowest BCUT2D eigenvalue weighted by molar-refractivity contribution is -0.139. The van der Waals surface area contributed by atoms with Crippen molar-refractivity contribution in [3.05, 3.63) is 35.9 Å². The van der Waals surface area contributed by atoms with E-state index in [0.29, 0.717) is 19.0 Å². The molecule has 1 aromatic carbocycles. The lowest BCUT2D eigenvalue weighted by atomic mass is 10.2. The fraction of sp³-hybridized carbons (Fsp3) is 0.385. The van der Waals surface area contributed by atoms with Crippen molar-refractivity contribution < 1.29 is 9.59 Å². The average molecular weight is 267 g/mol. The number of nitrogens with zero attached hydrogens (tertiary/aromatic N) is 1. The zero-order valence-corrected chi connectivity index (χ0v) is 10.7. The highest BCUT2D eigenvalue weighted by Gasteiger charge is 2.37. The van der Waals surface area contributed by atoms with E-state index in [2.05, 4.69) is 5.32 Å². The predicted molar refractivity (Wildman–Crippen MR) is 69.1 cm³/mol. The number of imide groups is 1. The average Bonchev–Trinajstić information content (AvgIpc) is 2.65. The van der Waals surface area contributed by atoms with Crippen LogP contribution in [0.4, 0.5) is 0 Å². The largest absolute Gasteiger partial charge is 0.304 e. The SMILES string of the molecule is O=C1CC(NCCCl)C(=O)N1Cc1ccccc1. The molecule has 1 saturated heterocycles. The van der Waals surface area contributed by atoms with Gasteiger partial charge in [0.15, 0.2) is 0 Å². The highest BCUT2D eigenvalue weighted by Crippen LogP contribution is 2.16. The molecule has 1 aliphatic rings. The molecular formula is C13H15ClN2O2. The summed E-state index contributed by atoms with van der Waals surface area (Å²) >= 11 is 5.56. The summed E-state index contributed by atoms with van der Waals surface area (Å²) in [5.41, 5.74) is 0.956. The summed E-state index contributed by atoms with van der Waals surface area (Å²) in [6.07, 6.45) is 0.225. The zero-order valence-electron chi connectivity index (χ0n) is 9.93. The van der Waals surface area contributed by atoms with Gasteiger partial charge in [-0.25, -0.2) is 0 Å². The van der Waals surface area contributed by atoms with Crippen LogP contribution in [0.5, 0.6) is 0 Å². The van der Waals surface area contributed by atoms with Crippen molar-refractivity contribution in [1.29, 1.82) is 0 Å². The third kappa shape index (κ3) is 2.89. The number of likely N-dealkylation sites (tertiary alicyclic amines) is 1. The Morgan fingerprint density at radius 3 is 2.67 bits per heavy atom. The Hall–Kier alpha value is -1.39. The maximum Gasteiger partial charge on any atom is 0.247 e. The van der Waals surface area contributed by atoms with Crippen LogP contribution in [-0.4, -0.2) is 35.2 Å². The van der Waals surface area contributed by atoms with Gasteiger partial charge in [-0.2, -0.15) is 0 Å². The van der Waals surface area contributed by atoms with Gasteiger partial charge in [0.05, 0.1) is 19.0 Å². The van der Waals surface area contributed by atoms with Crippen LogP contribution in [-0.2, 0) is 16.1 Å². The van der Waals surface area contributed by atoms with Gasteiger partial charge in [-0.15, -0.1) is 11.6 Å². The number of carbonyl (C=O) groups excluding carboxylic acids is 2. The molecule has 0 aliphatic carbocycles. The third-order valence-electron chi connectivity index (χ3n) is 2.91.